The van der Waals surface area contributed by atoms with Crippen LogP contribution in [0, 0.1) is 0 Å². The zero-order valence-electron chi connectivity index (χ0n) is 9.27. The van der Waals surface area contributed by atoms with Crippen LogP contribution in [0.15, 0.2) is 40.2 Å². The first-order chi connectivity index (χ1) is 7.65. The van der Waals surface area contributed by atoms with E-state index in [-0.39, 0.29) is 5.69 Å². The topological polar surface area (TPSA) is 26.9 Å². The third-order valence-electron chi connectivity index (χ3n) is 2.65. The fraction of sp³-hybridized carbons (Fsp3) is 0.250. The van der Waals surface area contributed by atoms with E-state index in [9.17, 15) is 4.79 Å². The predicted octanol–water partition coefficient (Wildman–Crippen LogP) is 2.48. The predicted molar refractivity (Wildman–Crippen MR) is 66.8 cm³/mol. The number of fused-ring (bicyclic) bond motifs is 1. The molecule has 2 rings (SSSR count). The number of imidazole rings is 1. The van der Waals surface area contributed by atoms with Crippen molar-refractivity contribution in [1.82, 2.24) is 9.13 Å². The molecular formula is C12H13ClN2O. The van der Waals surface area contributed by atoms with Crippen molar-refractivity contribution in [3.63, 3.8) is 0 Å². The molecule has 0 atom stereocenters. The van der Waals surface area contributed by atoms with Gasteiger partial charge in [0, 0.05) is 19.1 Å². The summed E-state index contributed by atoms with van der Waals surface area (Å²) < 4.78 is 3.38. The lowest BCUT2D eigenvalue weighted by atomic mass is 10.3. The molecule has 0 saturated carbocycles. The Labute approximate surface area is 98.6 Å². The van der Waals surface area contributed by atoms with Crippen molar-refractivity contribution >= 4 is 22.6 Å². The van der Waals surface area contributed by atoms with E-state index in [1.165, 1.54) is 5.54 Å². The Morgan fingerprint density at radius 3 is 2.62 bits per heavy atom. The van der Waals surface area contributed by atoms with Crippen LogP contribution in [0.3, 0.4) is 0 Å². The fourth-order valence-electron chi connectivity index (χ4n) is 1.80. The lowest BCUT2D eigenvalue weighted by Crippen LogP contribution is -2.22. The molecule has 0 fully saturated rings. The summed E-state index contributed by atoms with van der Waals surface area (Å²) in [6.45, 7) is 2.44. The molecular weight excluding hydrogens is 224 g/mol. The summed E-state index contributed by atoms with van der Waals surface area (Å²) >= 11 is 5.63. The maximum atomic E-state index is 12.0. The molecule has 3 nitrogen and oxygen atoms in total. The average molecular weight is 237 g/mol. The van der Waals surface area contributed by atoms with Crippen molar-refractivity contribution in [3.8, 4) is 0 Å². The van der Waals surface area contributed by atoms with Crippen LogP contribution in [0.25, 0.3) is 11.0 Å². The van der Waals surface area contributed by atoms with Crippen LogP contribution >= 0.6 is 11.6 Å². The Morgan fingerprint density at radius 1 is 1.38 bits per heavy atom. The lowest BCUT2D eigenvalue weighted by Gasteiger charge is -2.01. The molecule has 0 radical (unpaired) electrons. The second-order valence-corrected chi connectivity index (χ2v) is 4.09. The van der Waals surface area contributed by atoms with Gasteiger partial charge in [-0.25, -0.2) is 4.79 Å². The number of benzene rings is 1. The maximum Gasteiger partial charge on any atom is 0.329 e. The molecule has 0 spiro atoms. The summed E-state index contributed by atoms with van der Waals surface area (Å²) in [7, 11) is 1.78. The number of nitrogens with zero attached hydrogens (tertiary/aromatic N) is 2. The third kappa shape index (κ3) is 1.67. The summed E-state index contributed by atoms with van der Waals surface area (Å²) in [5.74, 6) is 0. The highest BCUT2D eigenvalue weighted by molar-refractivity contribution is 6.25. The molecule has 4 heteroatoms. The first kappa shape index (κ1) is 11.0. The van der Waals surface area contributed by atoms with E-state index in [1.54, 1.807) is 16.2 Å². The second-order valence-electron chi connectivity index (χ2n) is 3.87. The van der Waals surface area contributed by atoms with E-state index < -0.39 is 0 Å². The summed E-state index contributed by atoms with van der Waals surface area (Å²) in [4.78, 5) is 12.0. The van der Waals surface area contributed by atoms with Crippen LogP contribution in [0.2, 0.25) is 0 Å². The van der Waals surface area contributed by atoms with Crippen molar-refractivity contribution in [2.24, 2.45) is 7.05 Å². The van der Waals surface area contributed by atoms with Crippen molar-refractivity contribution in [3.05, 3.63) is 45.9 Å². The monoisotopic (exact) mass is 236 g/mol. The fourth-order valence-corrected chi connectivity index (χ4v) is 1.87. The van der Waals surface area contributed by atoms with Crippen molar-refractivity contribution in [2.75, 3.05) is 0 Å². The zero-order valence-corrected chi connectivity index (χ0v) is 10.0. The molecule has 16 heavy (non-hydrogen) atoms. The highest BCUT2D eigenvalue weighted by Crippen LogP contribution is 2.13. The Morgan fingerprint density at radius 2 is 2.00 bits per heavy atom. The van der Waals surface area contributed by atoms with E-state index in [2.05, 4.69) is 0 Å². The van der Waals surface area contributed by atoms with E-state index in [0.29, 0.717) is 6.54 Å². The number of halogens is 1. The Hall–Kier alpha value is -1.48. The van der Waals surface area contributed by atoms with Crippen molar-refractivity contribution in [1.29, 1.82) is 0 Å². The van der Waals surface area contributed by atoms with Gasteiger partial charge in [0.1, 0.15) is 0 Å². The van der Waals surface area contributed by atoms with Crippen LogP contribution in [-0.2, 0) is 13.6 Å². The minimum atomic E-state index is -0.0148. The second kappa shape index (κ2) is 4.18. The highest BCUT2D eigenvalue weighted by Gasteiger charge is 2.09. The van der Waals surface area contributed by atoms with Gasteiger partial charge in [-0.15, -0.1) is 0 Å². The standard InChI is InChI=1S/C12H13ClN2O/c1-9(7-13)8-15-11-6-4-3-5-10(11)14(2)12(15)16/h3-7H,8H2,1-2H3/b9-7-. The largest absolute Gasteiger partial charge is 0.329 e. The normalized spacial score (nSPS) is 12.3. The minimum Gasteiger partial charge on any atom is -0.295 e. The van der Waals surface area contributed by atoms with Gasteiger partial charge in [0.15, 0.2) is 0 Å². The summed E-state index contributed by atoms with van der Waals surface area (Å²) in [6, 6.07) is 7.74. The molecule has 0 unspecified atom stereocenters. The van der Waals surface area contributed by atoms with E-state index in [1.807, 2.05) is 31.2 Å². The molecule has 0 N–H and O–H groups in total. The molecule has 1 heterocycles. The van der Waals surface area contributed by atoms with Gasteiger partial charge in [-0.05, 0) is 24.6 Å². The van der Waals surface area contributed by atoms with Crippen LogP contribution < -0.4 is 5.69 Å². The molecule has 0 bridgehead atoms. The number of allylic oxidation sites excluding steroid dienone is 1. The van der Waals surface area contributed by atoms with Crippen molar-refractivity contribution < 1.29 is 0 Å². The Kier molecular flexibility index (Phi) is 2.88. The number of aryl methyl sites for hydroxylation is 1. The van der Waals surface area contributed by atoms with Gasteiger partial charge in [-0.1, -0.05) is 23.7 Å². The molecule has 1 aromatic carbocycles. The Bertz CT molecular complexity index is 607. The summed E-state index contributed by atoms with van der Waals surface area (Å²) in [5.41, 5.74) is 4.33. The number of para-hydroxylation sites is 2. The Balaban J connectivity index is 2.69. The molecule has 0 aliphatic heterocycles. The molecule has 0 amide bonds. The van der Waals surface area contributed by atoms with Gasteiger partial charge in [-0.3, -0.25) is 9.13 Å². The SMILES string of the molecule is C/C(=C/Cl)Cn1c(=O)n(C)c2ccccc21. The first-order valence-electron chi connectivity index (χ1n) is 5.05. The van der Waals surface area contributed by atoms with E-state index >= 15 is 0 Å². The smallest absolute Gasteiger partial charge is 0.295 e. The van der Waals surface area contributed by atoms with Gasteiger partial charge in [-0.2, -0.15) is 0 Å². The molecule has 84 valence electrons. The number of hydrogen-bond donors (Lipinski definition) is 0. The van der Waals surface area contributed by atoms with Crippen LogP contribution in [-0.4, -0.2) is 9.13 Å². The van der Waals surface area contributed by atoms with E-state index in [4.69, 9.17) is 11.6 Å². The lowest BCUT2D eigenvalue weighted by molar-refractivity contribution is 0.728. The number of rotatable bonds is 2. The van der Waals surface area contributed by atoms with Crippen LogP contribution in [0.4, 0.5) is 0 Å². The van der Waals surface area contributed by atoms with Gasteiger partial charge >= 0.3 is 5.69 Å². The molecule has 1 aromatic heterocycles. The van der Waals surface area contributed by atoms with Gasteiger partial charge in [0.25, 0.3) is 0 Å². The summed E-state index contributed by atoms with van der Waals surface area (Å²) in [5, 5.41) is 0. The molecule has 0 aliphatic carbocycles. The number of aromatic nitrogens is 2. The minimum absolute atomic E-state index is 0.0148. The third-order valence-corrected chi connectivity index (χ3v) is 3.02. The van der Waals surface area contributed by atoms with E-state index in [0.717, 1.165) is 16.6 Å². The van der Waals surface area contributed by atoms with Crippen LogP contribution in [0.5, 0.6) is 0 Å². The summed E-state index contributed by atoms with van der Waals surface area (Å²) in [6.07, 6.45) is 0. The zero-order chi connectivity index (χ0) is 11.7. The van der Waals surface area contributed by atoms with Gasteiger partial charge in [0.2, 0.25) is 0 Å². The van der Waals surface area contributed by atoms with Crippen LogP contribution in [0.1, 0.15) is 6.92 Å². The molecule has 2 aromatic rings. The van der Waals surface area contributed by atoms with Gasteiger partial charge in [0.05, 0.1) is 11.0 Å². The molecule has 0 saturated heterocycles. The quantitative estimate of drug-likeness (QED) is 0.787. The number of hydrogen-bond acceptors (Lipinski definition) is 1. The first-order valence-corrected chi connectivity index (χ1v) is 5.49. The maximum absolute atomic E-state index is 12.0. The molecule has 0 aliphatic rings. The van der Waals surface area contributed by atoms with Gasteiger partial charge < -0.3 is 0 Å². The van der Waals surface area contributed by atoms with Crippen molar-refractivity contribution in [2.45, 2.75) is 13.5 Å². The average Bonchev–Trinajstić information content (AvgIpc) is 2.55. The highest BCUT2D eigenvalue weighted by atomic mass is 35.5.